The number of benzene rings is 1. The van der Waals surface area contributed by atoms with Crippen LogP contribution in [-0.2, 0) is 34.9 Å². The van der Waals surface area contributed by atoms with Crippen LogP contribution in [0.25, 0.3) is 0 Å². The molecular weight excluding hydrogens is 454 g/mol. The van der Waals surface area contributed by atoms with E-state index in [1.54, 1.807) is 5.32 Å². The largest absolute Gasteiger partial charge is 1.00 e. The molecule has 0 bridgehead atoms. The molecule has 1 heterocycles. The monoisotopic (exact) mass is 466 g/mol. The third kappa shape index (κ3) is 5.69. The van der Waals surface area contributed by atoms with E-state index in [2.05, 4.69) is 0 Å². The molecule has 148 valence electrons. The van der Waals surface area contributed by atoms with E-state index in [0.29, 0.717) is 0 Å². The molecule has 1 saturated heterocycles. The smallest absolute Gasteiger partial charge is 0.745 e. The number of nitrogens with one attached hydrogen (secondary N) is 2. The summed E-state index contributed by atoms with van der Waals surface area (Å²) in [6.07, 6.45) is 0. The first-order valence-corrected chi connectivity index (χ1v) is 9.75. The quantitative estimate of drug-likeness (QED) is 0.205. The molecule has 1 fully saturated rings. The normalized spacial score (nSPS) is 18.2. The minimum absolute atomic E-state index is 0. The summed E-state index contributed by atoms with van der Waals surface area (Å²) in [5.41, 5.74) is 4.43. The van der Waals surface area contributed by atoms with Gasteiger partial charge in [0.15, 0.2) is 10.3 Å². The van der Waals surface area contributed by atoms with Crippen LogP contribution in [0, 0.1) is 0 Å². The number of rotatable bonds is 6. The summed E-state index contributed by atoms with van der Waals surface area (Å²) in [6, 6.07) is 2.93. The van der Waals surface area contributed by atoms with Crippen LogP contribution in [0.15, 0.2) is 30.3 Å². The predicted octanol–water partition coefficient (Wildman–Crippen LogP) is -9.15. The van der Waals surface area contributed by atoms with Gasteiger partial charge in [0.1, 0.15) is 16.2 Å². The maximum atomic E-state index is 12.6. The van der Waals surface area contributed by atoms with E-state index in [1.165, 1.54) is 18.2 Å². The van der Waals surface area contributed by atoms with Gasteiger partial charge in [-0.3, -0.25) is 9.59 Å². The molecule has 1 aliphatic heterocycles. The predicted molar refractivity (Wildman–Crippen MR) is 83.9 cm³/mol. The van der Waals surface area contributed by atoms with E-state index in [1.807, 2.05) is 5.32 Å². The Bertz CT molecular complexity index is 1000. The van der Waals surface area contributed by atoms with E-state index in [-0.39, 0.29) is 63.4 Å². The summed E-state index contributed by atoms with van der Waals surface area (Å²) in [5, 5.41) is 3.42. The molecule has 0 saturated carbocycles. The molecule has 0 aromatic heterocycles. The van der Waals surface area contributed by atoms with E-state index >= 15 is 0 Å². The van der Waals surface area contributed by atoms with Crippen molar-refractivity contribution in [1.82, 2.24) is 14.9 Å². The number of hydrogen-bond acceptors (Lipinski definition) is 9. The van der Waals surface area contributed by atoms with Gasteiger partial charge in [-0.1, -0.05) is 30.3 Å². The zero-order valence-electron chi connectivity index (χ0n) is 15.2. The van der Waals surface area contributed by atoms with Gasteiger partial charge in [0.2, 0.25) is 4.87 Å². The number of amides is 4. The zero-order valence-corrected chi connectivity index (χ0v) is 20.8. The van der Waals surface area contributed by atoms with Crippen LogP contribution < -0.4 is 75.5 Å². The summed E-state index contributed by atoms with van der Waals surface area (Å²) in [6.45, 7) is -0.767. The first kappa shape index (κ1) is 28.2. The molecular formula is C12H12N4Na2O9S2. The topological polar surface area (TPSA) is 219 Å². The Hall–Kier alpha value is -0.750. The maximum Gasteiger partial charge on any atom is 1.00 e. The summed E-state index contributed by atoms with van der Waals surface area (Å²) in [5.74, 6) is -2.98. The number of nitrogens with two attached hydrogens (primary N) is 1. The first-order valence-electron chi connectivity index (χ1n) is 6.97. The fourth-order valence-electron chi connectivity index (χ4n) is 2.39. The SMILES string of the molecule is NC(=O)NC(C(=O)NC1CN(S(=O)(=O)[O-])C1=O)(c1ccccc1)S(=O)(=O)[O-].[Na+].[Na+]. The molecule has 0 aliphatic carbocycles. The molecule has 4 N–H and O–H groups in total. The Balaban J connectivity index is 0.00000392. The van der Waals surface area contributed by atoms with Crippen molar-refractivity contribution in [3.05, 3.63) is 35.9 Å². The van der Waals surface area contributed by atoms with Crippen molar-refractivity contribution in [1.29, 1.82) is 0 Å². The van der Waals surface area contributed by atoms with Crippen molar-refractivity contribution >= 4 is 38.3 Å². The van der Waals surface area contributed by atoms with Crippen molar-refractivity contribution < 1.29 is 99.4 Å². The van der Waals surface area contributed by atoms with Gasteiger partial charge < -0.3 is 25.5 Å². The second-order valence-corrected chi connectivity index (χ2v) is 8.16. The average molecular weight is 466 g/mol. The molecule has 29 heavy (non-hydrogen) atoms. The Morgan fingerprint density at radius 2 is 1.62 bits per heavy atom. The van der Waals surface area contributed by atoms with Crippen LogP contribution in [0.3, 0.4) is 0 Å². The number of nitrogens with zero attached hydrogens (tertiary/aromatic N) is 1. The van der Waals surface area contributed by atoms with Crippen LogP contribution in [0.5, 0.6) is 0 Å². The second kappa shape index (κ2) is 10.0. The van der Waals surface area contributed by atoms with Crippen LogP contribution in [-0.4, -0.2) is 60.7 Å². The fraction of sp³-hybridized carbons (Fsp3) is 0.250. The minimum atomic E-state index is -5.64. The molecule has 1 aromatic rings. The van der Waals surface area contributed by atoms with Crippen molar-refractivity contribution in [3.8, 4) is 0 Å². The second-order valence-electron chi connectivity index (χ2n) is 5.34. The van der Waals surface area contributed by atoms with Gasteiger partial charge >= 0.3 is 65.1 Å². The third-order valence-electron chi connectivity index (χ3n) is 3.64. The molecule has 2 atom stereocenters. The first-order chi connectivity index (χ1) is 12.3. The molecule has 1 aliphatic rings. The standard InChI is InChI=1S/C12H14N4O9S2.2Na/c13-11(19)15-12(26(20,21)22,7-4-2-1-3-5-7)10(18)14-8-6-16(9(8)17)27(23,24)25;;/h1-5,8H,6H2,(H,14,18)(H3,13,15,19)(H,20,21,22)(H,23,24,25);;/q;2*+1/p-2. The molecule has 4 amide bonds. The number of β-lactam (4-membered cyclic amide) rings is 1. The van der Waals surface area contributed by atoms with Crippen molar-refractivity contribution in [2.75, 3.05) is 6.54 Å². The van der Waals surface area contributed by atoms with E-state index < -0.39 is 61.3 Å². The molecule has 0 spiro atoms. The van der Waals surface area contributed by atoms with Crippen LogP contribution in [0.1, 0.15) is 5.56 Å². The van der Waals surface area contributed by atoms with Gasteiger partial charge in [-0.25, -0.2) is 25.9 Å². The van der Waals surface area contributed by atoms with Crippen LogP contribution in [0.4, 0.5) is 4.79 Å². The number of primary amides is 1. The molecule has 1 aromatic carbocycles. The number of carbonyl (C=O) groups excluding carboxylic acids is 3. The summed E-state index contributed by atoms with van der Waals surface area (Å²) in [7, 11) is -10.7. The summed E-state index contributed by atoms with van der Waals surface area (Å²) < 4.78 is 68.0. The molecule has 17 heteroatoms. The minimum Gasteiger partial charge on any atom is -0.745 e. The van der Waals surface area contributed by atoms with Crippen molar-refractivity contribution in [2.45, 2.75) is 10.9 Å². The molecule has 13 nitrogen and oxygen atoms in total. The number of urea groups is 1. The summed E-state index contributed by atoms with van der Waals surface area (Å²) in [4.78, 5) is 32.3. The Kier molecular flexibility index (Phi) is 9.78. The van der Waals surface area contributed by atoms with Crippen molar-refractivity contribution in [3.63, 3.8) is 0 Å². The zero-order chi connectivity index (χ0) is 20.6. The Morgan fingerprint density at radius 3 is 2.00 bits per heavy atom. The summed E-state index contributed by atoms with van der Waals surface area (Å²) >= 11 is 0. The van der Waals surface area contributed by atoms with Crippen LogP contribution in [0.2, 0.25) is 0 Å². The Morgan fingerprint density at radius 1 is 1.10 bits per heavy atom. The van der Waals surface area contributed by atoms with Gasteiger partial charge in [-0.15, -0.1) is 0 Å². The van der Waals surface area contributed by atoms with Gasteiger partial charge in [-0.2, -0.15) is 0 Å². The van der Waals surface area contributed by atoms with Crippen molar-refractivity contribution in [2.24, 2.45) is 5.73 Å². The van der Waals surface area contributed by atoms with Gasteiger partial charge in [0.25, 0.3) is 11.8 Å². The van der Waals surface area contributed by atoms with Gasteiger partial charge in [0.05, 0.1) is 6.54 Å². The van der Waals surface area contributed by atoms with E-state index in [9.17, 15) is 40.3 Å². The van der Waals surface area contributed by atoms with E-state index in [0.717, 1.165) is 12.1 Å². The maximum absolute atomic E-state index is 12.6. The van der Waals surface area contributed by atoms with E-state index in [4.69, 9.17) is 5.73 Å². The third-order valence-corrected chi connectivity index (χ3v) is 5.78. The molecule has 2 unspecified atom stereocenters. The Labute approximate surface area is 210 Å². The van der Waals surface area contributed by atoms with Gasteiger partial charge in [-0.05, 0) is 0 Å². The number of hydrogen-bond donors (Lipinski definition) is 3. The number of carbonyl (C=O) groups is 3. The molecule has 2 rings (SSSR count). The average Bonchev–Trinajstić information content (AvgIpc) is 2.53. The fourth-order valence-corrected chi connectivity index (χ4v) is 4.01. The van der Waals surface area contributed by atoms with Gasteiger partial charge in [0, 0.05) is 5.56 Å². The molecule has 0 radical (unpaired) electrons. The van der Waals surface area contributed by atoms with Crippen LogP contribution >= 0.6 is 0 Å².